The summed E-state index contributed by atoms with van der Waals surface area (Å²) in [5.41, 5.74) is -0.184. The molecule has 1 saturated carbocycles. The highest BCUT2D eigenvalue weighted by molar-refractivity contribution is 9.09. The Balaban J connectivity index is 2.38. The fraction of sp³-hybridized carbons (Fsp3) is 1.00. The first-order chi connectivity index (χ1) is 6.09. The number of hydrogen-bond acceptors (Lipinski definition) is 1. The van der Waals surface area contributed by atoms with Gasteiger partial charge in [0, 0.05) is 5.33 Å². The summed E-state index contributed by atoms with van der Waals surface area (Å²) in [4.78, 5) is 0. The van der Waals surface area contributed by atoms with Crippen LogP contribution in [0.15, 0.2) is 0 Å². The fourth-order valence-electron chi connectivity index (χ4n) is 1.76. The van der Waals surface area contributed by atoms with Crippen molar-refractivity contribution in [2.75, 3.05) is 11.2 Å². The van der Waals surface area contributed by atoms with Gasteiger partial charge in [0.2, 0.25) is 0 Å². The molecule has 0 aromatic rings. The third-order valence-electron chi connectivity index (χ3n) is 2.66. The number of halogens is 2. The standard InChI is InChI=1S/C10H18BrClO/c1-8-3-4-9(5-8)13-10(2,6-11)7-12/h8-9H,3-7H2,1-2H3. The van der Waals surface area contributed by atoms with E-state index in [1.807, 2.05) is 0 Å². The molecule has 3 heteroatoms. The van der Waals surface area contributed by atoms with Gasteiger partial charge in [-0.25, -0.2) is 0 Å². The molecule has 1 nitrogen and oxygen atoms in total. The maximum atomic E-state index is 5.99. The second-order valence-electron chi connectivity index (χ2n) is 4.38. The zero-order chi connectivity index (χ0) is 9.90. The van der Waals surface area contributed by atoms with Gasteiger partial charge in [0.05, 0.1) is 17.6 Å². The van der Waals surface area contributed by atoms with Crippen LogP contribution < -0.4 is 0 Å². The van der Waals surface area contributed by atoms with Crippen molar-refractivity contribution in [2.45, 2.75) is 44.8 Å². The molecule has 0 heterocycles. The monoisotopic (exact) mass is 268 g/mol. The van der Waals surface area contributed by atoms with E-state index in [0.717, 1.165) is 11.2 Å². The first-order valence-corrected chi connectivity index (χ1v) is 6.55. The highest BCUT2D eigenvalue weighted by Crippen LogP contribution is 2.31. The smallest absolute Gasteiger partial charge is 0.0889 e. The van der Waals surface area contributed by atoms with Crippen molar-refractivity contribution in [3.05, 3.63) is 0 Å². The highest BCUT2D eigenvalue weighted by Gasteiger charge is 2.30. The molecule has 1 aliphatic carbocycles. The molecule has 0 radical (unpaired) electrons. The molecule has 1 aliphatic rings. The third kappa shape index (κ3) is 3.41. The second-order valence-corrected chi connectivity index (χ2v) is 5.20. The minimum Gasteiger partial charge on any atom is -0.370 e. The Morgan fingerprint density at radius 2 is 2.23 bits per heavy atom. The molecular weight excluding hydrogens is 251 g/mol. The van der Waals surface area contributed by atoms with Crippen LogP contribution in [0.5, 0.6) is 0 Å². The average molecular weight is 270 g/mol. The van der Waals surface area contributed by atoms with E-state index in [0.29, 0.717) is 12.0 Å². The largest absolute Gasteiger partial charge is 0.370 e. The summed E-state index contributed by atoms with van der Waals surface area (Å²) in [5.74, 6) is 1.38. The quantitative estimate of drug-likeness (QED) is 0.709. The molecule has 1 fully saturated rings. The highest BCUT2D eigenvalue weighted by atomic mass is 79.9. The van der Waals surface area contributed by atoms with Crippen LogP contribution in [-0.2, 0) is 4.74 Å². The van der Waals surface area contributed by atoms with Gasteiger partial charge < -0.3 is 4.74 Å². The first-order valence-electron chi connectivity index (χ1n) is 4.89. The van der Waals surface area contributed by atoms with Gasteiger partial charge in [0.1, 0.15) is 0 Å². The molecule has 3 unspecified atom stereocenters. The minimum atomic E-state index is -0.184. The first kappa shape index (κ1) is 11.8. The Hall–Kier alpha value is 0.730. The van der Waals surface area contributed by atoms with Crippen molar-refractivity contribution >= 4 is 27.5 Å². The Morgan fingerprint density at radius 3 is 2.62 bits per heavy atom. The van der Waals surface area contributed by atoms with Gasteiger partial charge in [-0.05, 0) is 32.1 Å². The van der Waals surface area contributed by atoms with E-state index in [1.165, 1.54) is 19.3 Å². The summed E-state index contributed by atoms with van der Waals surface area (Å²) in [6.45, 7) is 4.35. The molecule has 0 amide bonds. The number of rotatable bonds is 4. The summed E-state index contributed by atoms with van der Waals surface area (Å²) >= 11 is 9.31. The summed E-state index contributed by atoms with van der Waals surface area (Å²) in [6, 6.07) is 0. The van der Waals surface area contributed by atoms with Crippen LogP contribution >= 0.6 is 27.5 Å². The Bertz CT molecular complexity index is 159. The summed E-state index contributed by atoms with van der Waals surface area (Å²) in [5, 5.41) is 0.814. The molecule has 1 rings (SSSR count). The molecular formula is C10H18BrClO. The van der Waals surface area contributed by atoms with E-state index < -0.39 is 0 Å². The normalized spacial score (nSPS) is 33.2. The molecule has 0 aromatic carbocycles. The lowest BCUT2D eigenvalue weighted by Crippen LogP contribution is -2.36. The van der Waals surface area contributed by atoms with Gasteiger partial charge in [-0.2, -0.15) is 0 Å². The van der Waals surface area contributed by atoms with Gasteiger partial charge in [0.15, 0.2) is 0 Å². The van der Waals surface area contributed by atoms with Gasteiger partial charge >= 0.3 is 0 Å². The zero-order valence-corrected chi connectivity index (χ0v) is 10.7. The van der Waals surface area contributed by atoms with Crippen molar-refractivity contribution in [2.24, 2.45) is 5.92 Å². The Kier molecular flexibility index (Phi) is 4.53. The molecule has 3 atom stereocenters. The Morgan fingerprint density at radius 1 is 1.54 bits per heavy atom. The van der Waals surface area contributed by atoms with E-state index in [9.17, 15) is 0 Å². The van der Waals surface area contributed by atoms with E-state index in [2.05, 4.69) is 29.8 Å². The minimum absolute atomic E-state index is 0.184. The van der Waals surface area contributed by atoms with Crippen molar-refractivity contribution < 1.29 is 4.74 Å². The van der Waals surface area contributed by atoms with Crippen molar-refractivity contribution in [3.63, 3.8) is 0 Å². The van der Waals surface area contributed by atoms with Gasteiger partial charge in [-0.1, -0.05) is 22.9 Å². The summed E-state index contributed by atoms with van der Waals surface area (Å²) in [7, 11) is 0. The zero-order valence-electron chi connectivity index (χ0n) is 8.35. The maximum absolute atomic E-state index is 5.99. The third-order valence-corrected chi connectivity index (χ3v) is 4.41. The number of alkyl halides is 2. The van der Waals surface area contributed by atoms with Crippen LogP contribution in [-0.4, -0.2) is 22.9 Å². The van der Waals surface area contributed by atoms with Crippen molar-refractivity contribution in [1.29, 1.82) is 0 Å². The average Bonchev–Trinajstić information content (AvgIpc) is 2.51. The molecule has 0 bridgehead atoms. The maximum Gasteiger partial charge on any atom is 0.0889 e. The molecule has 0 aromatic heterocycles. The van der Waals surface area contributed by atoms with Gasteiger partial charge in [0.25, 0.3) is 0 Å². The van der Waals surface area contributed by atoms with E-state index in [1.54, 1.807) is 0 Å². The molecule has 78 valence electrons. The molecule has 0 aliphatic heterocycles. The molecule has 13 heavy (non-hydrogen) atoms. The SMILES string of the molecule is CC1CCC(OC(C)(CCl)CBr)C1. The van der Waals surface area contributed by atoms with Gasteiger partial charge in [-0.15, -0.1) is 11.6 Å². The fourth-order valence-corrected chi connectivity index (χ4v) is 2.48. The summed E-state index contributed by atoms with van der Waals surface area (Å²) in [6.07, 6.45) is 4.11. The Labute approximate surface area is 94.3 Å². The molecule has 0 N–H and O–H groups in total. The number of ether oxygens (including phenoxy) is 1. The van der Waals surface area contributed by atoms with E-state index in [-0.39, 0.29) is 5.60 Å². The predicted octanol–water partition coefficient (Wildman–Crippen LogP) is 3.58. The van der Waals surface area contributed by atoms with Crippen LogP contribution in [0.1, 0.15) is 33.1 Å². The van der Waals surface area contributed by atoms with Gasteiger partial charge in [-0.3, -0.25) is 0 Å². The topological polar surface area (TPSA) is 9.23 Å². The van der Waals surface area contributed by atoms with Crippen LogP contribution in [0.2, 0.25) is 0 Å². The van der Waals surface area contributed by atoms with Crippen LogP contribution in [0, 0.1) is 5.92 Å². The van der Waals surface area contributed by atoms with Crippen molar-refractivity contribution in [1.82, 2.24) is 0 Å². The lowest BCUT2D eigenvalue weighted by atomic mass is 10.1. The van der Waals surface area contributed by atoms with E-state index >= 15 is 0 Å². The van der Waals surface area contributed by atoms with Crippen LogP contribution in [0.25, 0.3) is 0 Å². The van der Waals surface area contributed by atoms with Crippen molar-refractivity contribution in [3.8, 4) is 0 Å². The van der Waals surface area contributed by atoms with E-state index in [4.69, 9.17) is 16.3 Å². The second kappa shape index (κ2) is 4.99. The van der Waals surface area contributed by atoms with Crippen LogP contribution in [0.4, 0.5) is 0 Å². The van der Waals surface area contributed by atoms with Crippen LogP contribution in [0.3, 0.4) is 0 Å². The summed E-state index contributed by atoms with van der Waals surface area (Å²) < 4.78 is 5.99. The number of hydrogen-bond donors (Lipinski definition) is 0. The predicted molar refractivity (Wildman–Crippen MR) is 60.8 cm³/mol. The molecule has 0 spiro atoms. The lowest BCUT2D eigenvalue weighted by molar-refractivity contribution is -0.0510. The molecule has 0 saturated heterocycles. The lowest BCUT2D eigenvalue weighted by Gasteiger charge is -2.29.